The Morgan fingerprint density at radius 3 is 2.77 bits per heavy atom. The molecule has 0 radical (unpaired) electrons. The van der Waals surface area contributed by atoms with Crippen LogP contribution in [-0.4, -0.2) is 54.4 Å². The predicted molar refractivity (Wildman–Crippen MR) is 84.5 cm³/mol. The lowest BCUT2D eigenvalue weighted by atomic mass is 9.97. The number of esters is 1. The lowest BCUT2D eigenvalue weighted by Gasteiger charge is -2.25. The van der Waals surface area contributed by atoms with Crippen LogP contribution in [0, 0.1) is 0 Å². The van der Waals surface area contributed by atoms with Crippen molar-refractivity contribution in [1.29, 1.82) is 0 Å². The van der Waals surface area contributed by atoms with Gasteiger partial charge in [-0.2, -0.15) is 0 Å². The Balaban J connectivity index is 2.48. The van der Waals surface area contributed by atoms with Crippen LogP contribution in [-0.2, 0) is 9.53 Å². The SMILES string of the molecule is CCOC(=O)[C@H](C)NC(=O)N(CCO)CCC1=CCCCC1. The number of nitrogens with one attached hydrogen (secondary N) is 1. The lowest BCUT2D eigenvalue weighted by Crippen LogP contribution is -2.48. The summed E-state index contributed by atoms with van der Waals surface area (Å²) in [5.41, 5.74) is 1.38. The van der Waals surface area contributed by atoms with Crippen molar-refractivity contribution >= 4 is 12.0 Å². The van der Waals surface area contributed by atoms with E-state index >= 15 is 0 Å². The van der Waals surface area contributed by atoms with Gasteiger partial charge in [0.15, 0.2) is 0 Å². The lowest BCUT2D eigenvalue weighted by molar-refractivity contribution is -0.144. The van der Waals surface area contributed by atoms with Crippen LogP contribution in [0.25, 0.3) is 0 Å². The maximum Gasteiger partial charge on any atom is 0.328 e. The zero-order chi connectivity index (χ0) is 16.4. The van der Waals surface area contributed by atoms with E-state index in [1.807, 2.05) is 0 Å². The van der Waals surface area contributed by atoms with Crippen LogP contribution in [0.1, 0.15) is 46.0 Å². The Kier molecular flexibility index (Phi) is 8.58. The monoisotopic (exact) mass is 312 g/mol. The van der Waals surface area contributed by atoms with E-state index in [0.717, 1.165) is 19.3 Å². The quantitative estimate of drug-likeness (QED) is 0.529. The molecule has 2 N–H and O–H groups in total. The second kappa shape index (κ2) is 10.2. The summed E-state index contributed by atoms with van der Waals surface area (Å²) in [6, 6.07) is -1.03. The van der Waals surface area contributed by atoms with Crippen molar-refractivity contribution in [3.05, 3.63) is 11.6 Å². The standard InChI is InChI=1S/C16H28N2O4/c1-3-22-15(20)13(2)17-16(21)18(11-12-19)10-9-14-7-5-4-6-8-14/h7,13,19H,3-6,8-12H2,1-2H3,(H,17,21)/t13-/m0/s1. The molecule has 0 aliphatic heterocycles. The van der Waals surface area contributed by atoms with Crippen LogP contribution in [0.4, 0.5) is 4.79 Å². The average Bonchev–Trinajstić information content (AvgIpc) is 2.52. The number of amides is 2. The number of aliphatic hydroxyl groups is 1. The van der Waals surface area contributed by atoms with E-state index in [-0.39, 0.29) is 25.8 Å². The van der Waals surface area contributed by atoms with Gasteiger partial charge in [-0.3, -0.25) is 0 Å². The third kappa shape index (κ3) is 6.47. The number of carbonyl (C=O) groups is 2. The first-order valence-electron chi connectivity index (χ1n) is 8.09. The van der Waals surface area contributed by atoms with Gasteiger partial charge in [0, 0.05) is 13.1 Å². The first-order chi connectivity index (χ1) is 10.6. The van der Waals surface area contributed by atoms with E-state index in [1.165, 1.54) is 18.4 Å². The van der Waals surface area contributed by atoms with Crippen LogP contribution in [0.15, 0.2) is 11.6 Å². The van der Waals surface area contributed by atoms with E-state index in [9.17, 15) is 9.59 Å². The van der Waals surface area contributed by atoms with Gasteiger partial charge in [0.2, 0.25) is 0 Å². The molecule has 0 saturated carbocycles. The number of rotatable bonds is 8. The number of aliphatic hydroxyl groups excluding tert-OH is 1. The van der Waals surface area contributed by atoms with Crippen LogP contribution in [0.5, 0.6) is 0 Å². The highest BCUT2D eigenvalue weighted by Crippen LogP contribution is 2.20. The summed E-state index contributed by atoms with van der Waals surface area (Å²) in [6.45, 7) is 4.31. The van der Waals surface area contributed by atoms with Crippen LogP contribution in [0.2, 0.25) is 0 Å². The number of hydrogen-bond acceptors (Lipinski definition) is 4. The van der Waals surface area contributed by atoms with Gasteiger partial charge in [-0.15, -0.1) is 0 Å². The van der Waals surface area contributed by atoms with Crippen molar-refractivity contribution < 1.29 is 19.4 Å². The fraction of sp³-hybridized carbons (Fsp3) is 0.750. The van der Waals surface area contributed by atoms with E-state index in [2.05, 4.69) is 11.4 Å². The van der Waals surface area contributed by atoms with Crippen molar-refractivity contribution in [2.75, 3.05) is 26.3 Å². The summed E-state index contributed by atoms with van der Waals surface area (Å²) >= 11 is 0. The second-order valence-corrected chi connectivity index (χ2v) is 5.49. The summed E-state index contributed by atoms with van der Waals surface area (Å²) in [5.74, 6) is -0.449. The van der Waals surface area contributed by atoms with Crippen molar-refractivity contribution in [2.24, 2.45) is 0 Å². The average molecular weight is 312 g/mol. The van der Waals surface area contributed by atoms with Gasteiger partial charge in [-0.1, -0.05) is 11.6 Å². The van der Waals surface area contributed by atoms with Crippen molar-refractivity contribution in [2.45, 2.75) is 52.0 Å². The van der Waals surface area contributed by atoms with Crippen LogP contribution < -0.4 is 5.32 Å². The Morgan fingerprint density at radius 2 is 2.18 bits per heavy atom. The minimum atomic E-state index is -0.692. The third-order valence-electron chi connectivity index (χ3n) is 3.73. The molecule has 2 amide bonds. The molecule has 126 valence electrons. The number of urea groups is 1. The highest BCUT2D eigenvalue weighted by molar-refractivity contribution is 5.83. The molecular formula is C16H28N2O4. The maximum atomic E-state index is 12.2. The van der Waals surface area contributed by atoms with Gasteiger partial charge < -0.3 is 20.1 Å². The highest BCUT2D eigenvalue weighted by Gasteiger charge is 2.20. The summed E-state index contributed by atoms with van der Waals surface area (Å²) in [6.07, 6.45) is 7.72. The minimum Gasteiger partial charge on any atom is -0.464 e. The molecule has 1 aliphatic carbocycles. The molecule has 0 heterocycles. The van der Waals surface area contributed by atoms with Gasteiger partial charge in [-0.05, 0) is 46.0 Å². The highest BCUT2D eigenvalue weighted by atomic mass is 16.5. The van der Waals surface area contributed by atoms with E-state index < -0.39 is 12.0 Å². The molecule has 0 aromatic heterocycles. The van der Waals surface area contributed by atoms with Gasteiger partial charge in [0.1, 0.15) is 6.04 Å². The second-order valence-electron chi connectivity index (χ2n) is 5.49. The normalized spacial score (nSPS) is 15.7. The smallest absolute Gasteiger partial charge is 0.328 e. The molecule has 6 nitrogen and oxygen atoms in total. The number of carbonyl (C=O) groups excluding carboxylic acids is 2. The molecule has 0 bridgehead atoms. The molecule has 0 aromatic carbocycles. The molecule has 22 heavy (non-hydrogen) atoms. The van der Waals surface area contributed by atoms with Gasteiger partial charge >= 0.3 is 12.0 Å². The molecule has 1 aliphatic rings. The van der Waals surface area contributed by atoms with Gasteiger partial charge in [0.05, 0.1) is 13.2 Å². The molecule has 0 spiro atoms. The largest absolute Gasteiger partial charge is 0.464 e. The number of nitrogens with zero attached hydrogens (tertiary/aromatic N) is 1. The third-order valence-corrected chi connectivity index (χ3v) is 3.73. The fourth-order valence-corrected chi connectivity index (χ4v) is 2.45. The van der Waals surface area contributed by atoms with Crippen molar-refractivity contribution in [3.63, 3.8) is 0 Å². The Labute approximate surface area is 132 Å². The molecule has 1 rings (SSSR count). The summed E-state index contributed by atoms with van der Waals surface area (Å²) in [5, 5.41) is 11.7. The predicted octanol–water partition coefficient (Wildman–Crippen LogP) is 1.83. The zero-order valence-electron chi connectivity index (χ0n) is 13.6. The zero-order valence-corrected chi connectivity index (χ0v) is 13.6. The van der Waals surface area contributed by atoms with Crippen LogP contribution in [0.3, 0.4) is 0 Å². The number of allylic oxidation sites excluding steroid dienone is 1. The molecule has 0 fully saturated rings. The molecule has 0 unspecified atom stereocenters. The van der Waals surface area contributed by atoms with Gasteiger partial charge in [-0.25, -0.2) is 9.59 Å². The van der Waals surface area contributed by atoms with Crippen molar-refractivity contribution in [3.8, 4) is 0 Å². The Morgan fingerprint density at radius 1 is 1.41 bits per heavy atom. The molecule has 6 heteroatoms. The maximum absolute atomic E-state index is 12.2. The molecule has 0 saturated heterocycles. The van der Waals surface area contributed by atoms with Gasteiger partial charge in [0.25, 0.3) is 0 Å². The van der Waals surface area contributed by atoms with Crippen LogP contribution >= 0.6 is 0 Å². The topological polar surface area (TPSA) is 78.9 Å². The summed E-state index contributed by atoms with van der Waals surface area (Å²) in [7, 11) is 0. The molecule has 0 aromatic rings. The van der Waals surface area contributed by atoms with E-state index in [0.29, 0.717) is 6.54 Å². The minimum absolute atomic E-state index is 0.0970. The summed E-state index contributed by atoms with van der Waals surface area (Å²) in [4.78, 5) is 25.3. The van der Waals surface area contributed by atoms with E-state index in [4.69, 9.17) is 9.84 Å². The van der Waals surface area contributed by atoms with E-state index in [1.54, 1.807) is 18.7 Å². The molecular weight excluding hydrogens is 284 g/mol. The first kappa shape index (κ1) is 18.5. The fourth-order valence-electron chi connectivity index (χ4n) is 2.45. The van der Waals surface area contributed by atoms with Crippen molar-refractivity contribution in [1.82, 2.24) is 10.2 Å². The summed E-state index contributed by atoms with van der Waals surface area (Å²) < 4.78 is 4.87. The number of hydrogen-bond donors (Lipinski definition) is 2. The molecule has 1 atom stereocenters. The number of ether oxygens (including phenoxy) is 1. The Bertz CT molecular complexity index is 396. The first-order valence-corrected chi connectivity index (χ1v) is 8.09. The Hall–Kier alpha value is -1.56.